The number of halogens is 1. The molecule has 0 saturated carbocycles. The zero-order valence-electron chi connectivity index (χ0n) is 12.2. The van der Waals surface area contributed by atoms with Crippen LogP contribution in [0.1, 0.15) is 19.3 Å². The average molecular weight is 306 g/mol. The molecule has 0 spiro atoms. The first-order valence-corrected chi connectivity index (χ1v) is 7.70. The minimum Gasteiger partial charge on any atom is -0.380 e. The van der Waals surface area contributed by atoms with Crippen LogP contribution < -0.4 is 5.32 Å². The number of hydrogen-bond acceptors (Lipinski definition) is 4. The summed E-state index contributed by atoms with van der Waals surface area (Å²) >= 11 is 6.36. The Morgan fingerprint density at radius 2 is 2.19 bits per heavy atom. The third kappa shape index (κ3) is 3.36. The van der Waals surface area contributed by atoms with Crippen LogP contribution >= 0.6 is 11.6 Å². The van der Waals surface area contributed by atoms with Crippen LogP contribution in [0.5, 0.6) is 0 Å². The van der Waals surface area contributed by atoms with Crippen molar-refractivity contribution < 1.29 is 0 Å². The molecule has 3 rings (SSSR count). The van der Waals surface area contributed by atoms with Crippen molar-refractivity contribution >= 4 is 17.3 Å². The molecule has 2 heterocycles. The second-order valence-corrected chi connectivity index (χ2v) is 5.96. The van der Waals surface area contributed by atoms with E-state index in [4.69, 9.17) is 11.6 Å². The SMILES string of the molecule is CN1CCCC(Nc2cccc(Cl)c2-n2cncn2)CC1. The third-order valence-electron chi connectivity index (χ3n) is 3.95. The van der Waals surface area contributed by atoms with Crippen molar-refractivity contribution in [1.82, 2.24) is 19.7 Å². The molecule has 1 N–H and O–H groups in total. The standard InChI is InChI=1S/C15H20ClN5/c1-20-8-3-4-12(7-9-20)19-14-6-2-5-13(16)15(14)21-11-17-10-18-21/h2,5-6,10-12,19H,3-4,7-9H2,1H3. The van der Waals surface area contributed by atoms with E-state index < -0.39 is 0 Å². The van der Waals surface area contributed by atoms with Gasteiger partial charge in [0.2, 0.25) is 0 Å². The van der Waals surface area contributed by atoms with E-state index in [2.05, 4.69) is 33.4 Å². The maximum absolute atomic E-state index is 6.36. The molecule has 1 aliphatic rings. The van der Waals surface area contributed by atoms with Crippen molar-refractivity contribution in [3.8, 4) is 5.69 Å². The van der Waals surface area contributed by atoms with Crippen LogP contribution in [0.15, 0.2) is 30.9 Å². The number of hydrogen-bond donors (Lipinski definition) is 1. The van der Waals surface area contributed by atoms with E-state index in [0.717, 1.165) is 24.3 Å². The Morgan fingerprint density at radius 3 is 3.00 bits per heavy atom. The van der Waals surface area contributed by atoms with Crippen LogP contribution in [0.25, 0.3) is 5.69 Å². The van der Waals surface area contributed by atoms with Crippen molar-refractivity contribution in [3.05, 3.63) is 35.9 Å². The van der Waals surface area contributed by atoms with Gasteiger partial charge in [-0.1, -0.05) is 17.7 Å². The van der Waals surface area contributed by atoms with Gasteiger partial charge in [0.25, 0.3) is 0 Å². The summed E-state index contributed by atoms with van der Waals surface area (Å²) < 4.78 is 1.72. The van der Waals surface area contributed by atoms with Gasteiger partial charge in [-0.05, 0) is 51.5 Å². The minimum absolute atomic E-state index is 0.468. The van der Waals surface area contributed by atoms with Crippen LogP contribution in [0.2, 0.25) is 5.02 Å². The lowest BCUT2D eigenvalue weighted by Crippen LogP contribution is -2.23. The summed E-state index contributed by atoms with van der Waals surface area (Å²) in [6.07, 6.45) is 6.72. The average Bonchev–Trinajstić information content (AvgIpc) is 2.91. The maximum atomic E-state index is 6.36. The zero-order valence-corrected chi connectivity index (χ0v) is 12.9. The number of para-hydroxylation sites is 1. The van der Waals surface area contributed by atoms with Crippen molar-refractivity contribution in [2.45, 2.75) is 25.3 Å². The minimum atomic E-state index is 0.468. The van der Waals surface area contributed by atoms with Crippen LogP contribution in [0, 0.1) is 0 Å². The first-order chi connectivity index (χ1) is 10.2. The molecule has 0 aliphatic carbocycles. The fraction of sp³-hybridized carbons (Fsp3) is 0.467. The zero-order chi connectivity index (χ0) is 14.7. The van der Waals surface area contributed by atoms with Gasteiger partial charge in [0.1, 0.15) is 18.3 Å². The number of nitrogens with zero attached hydrogens (tertiary/aromatic N) is 4. The molecule has 0 radical (unpaired) electrons. The Balaban J connectivity index is 1.84. The second-order valence-electron chi connectivity index (χ2n) is 5.55. The van der Waals surface area contributed by atoms with Crippen LogP contribution in [-0.2, 0) is 0 Å². The fourth-order valence-electron chi connectivity index (χ4n) is 2.79. The Labute approximate surface area is 129 Å². The molecular formula is C15H20ClN5. The lowest BCUT2D eigenvalue weighted by Gasteiger charge is -2.20. The molecular weight excluding hydrogens is 286 g/mol. The lowest BCUT2D eigenvalue weighted by molar-refractivity contribution is 0.348. The molecule has 1 aliphatic heterocycles. The van der Waals surface area contributed by atoms with Gasteiger partial charge in [-0.25, -0.2) is 9.67 Å². The largest absolute Gasteiger partial charge is 0.380 e. The van der Waals surface area contributed by atoms with E-state index in [1.807, 2.05) is 12.1 Å². The van der Waals surface area contributed by atoms with Crippen molar-refractivity contribution in [1.29, 1.82) is 0 Å². The van der Waals surface area contributed by atoms with Crippen LogP contribution in [0.3, 0.4) is 0 Å². The molecule has 112 valence electrons. The summed E-state index contributed by atoms with van der Waals surface area (Å²) in [5.41, 5.74) is 1.89. The van der Waals surface area contributed by atoms with E-state index in [1.165, 1.54) is 25.7 Å². The number of benzene rings is 1. The predicted molar refractivity (Wildman–Crippen MR) is 85.1 cm³/mol. The van der Waals surface area contributed by atoms with Gasteiger partial charge in [-0.15, -0.1) is 0 Å². The first-order valence-electron chi connectivity index (χ1n) is 7.32. The topological polar surface area (TPSA) is 46.0 Å². The Morgan fingerprint density at radius 1 is 1.29 bits per heavy atom. The summed E-state index contributed by atoms with van der Waals surface area (Å²) in [7, 11) is 2.18. The maximum Gasteiger partial charge on any atom is 0.138 e. The molecule has 1 atom stereocenters. The highest BCUT2D eigenvalue weighted by Gasteiger charge is 2.17. The number of rotatable bonds is 3. The summed E-state index contributed by atoms with van der Waals surface area (Å²) in [6.45, 7) is 2.29. The smallest absolute Gasteiger partial charge is 0.138 e. The van der Waals surface area contributed by atoms with Gasteiger partial charge in [-0.3, -0.25) is 0 Å². The van der Waals surface area contributed by atoms with Gasteiger partial charge in [0, 0.05) is 6.04 Å². The molecule has 0 amide bonds. The van der Waals surface area contributed by atoms with E-state index in [0.29, 0.717) is 11.1 Å². The molecule has 1 aromatic heterocycles. The fourth-order valence-corrected chi connectivity index (χ4v) is 3.05. The molecule has 1 saturated heterocycles. The number of likely N-dealkylation sites (tertiary alicyclic amines) is 1. The number of aromatic nitrogens is 3. The van der Waals surface area contributed by atoms with E-state index >= 15 is 0 Å². The van der Waals surface area contributed by atoms with Crippen LogP contribution in [0.4, 0.5) is 5.69 Å². The highest BCUT2D eigenvalue weighted by Crippen LogP contribution is 2.29. The van der Waals surface area contributed by atoms with E-state index in [9.17, 15) is 0 Å². The summed E-state index contributed by atoms with van der Waals surface area (Å²) in [4.78, 5) is 6.40. The van der Waals surface area contributed by atoms with Crippen molar-refractivity contribution in [2.75, 3.05) is 25.5 Å². The molecule has 1 unspecified atom stereocenters. The number of nitrogens with one attached hydrogen (secondary N) is 1. The van der Waals surface area contributed by atoms with Gasteiger partial charge in [0.15, 0.2) is 0 Å². The Bertz CT molecular complexity index is 584. The van der Waals surface area contributed by atoms with Crippen LogP contribution in [-0.4, -0.2) is 45.8 Å². The number of anilines is 1. The highest BCUT2D eigenvalue weighted by molar-refractivity contribution is 6.33. The quantitative estimate of drug-likeness (QED) is 0.947. The third-order valence-corrected chi connectivity index (χ3v) is 4.25. The van der Waals surface area contributed by atoms with E-state index in [-0.39, 0.29) is 0 Å². The van der Waals surface area contributed by atoms with Gasteiger partial charge in [0.05, 0.1) is 10.7 Å². The van der Waals surface area contributed by atoms with Crippen molar-refractivity contribution in [2.24, 2.45) is 0 Å². The second kappa shape index (κ2) is 6.45. The molecule has 2 aromatic rings. The van der Waals surface area contributed by atoms with Gasteiger partial charge < -0.3 is 10.2 Å². The van der Waals surface area contributed by atoms with E-state index in [1.54, 1.807) is 11.0 Å². The molecule has 0 bridgehead atoms. The molecule has 1 aromatic carbocycles. The summed E-state index contributed by atoms with van der Waals surface area (Å²) in [5, 5.41) is 8.52. The highest BCUT2D eigenvalue weighted by atomic mass is 35.5. The molecule has 1 fully saturated rings. The molecule has 6 heteroatoms. The Hall–Kier alpha value is -1.59. The lowest BCUT2D eigenvalue weighted by atomic mass is 10.1. The Kier molecular flexibility index (Phi) is 4.41. The summed E-state index contributed by atoms with van der Waals surface area (Å²) in [5.74, 6) is 0. The predicted octanol–water partition coefficient (Wildman–Crippen LogP) is 2.82. The first kappa shape index (κ1) is 14.4. The van der Waals surface area contributed by atoms with Gasteiger partial charge >= 0.3 is 0 Å². The van der Waals surface area contributed by atoms with Crippen molar-refractivity contribution in [3.63, 3.8) is 0 Å². The summed E-state index contributed by atoms with van der Waals surface area (Å²) in [6, 6.07) is 6.37. The van der Waals surface area contributed by atoms with Gasteiger partial charge in [-0.2, -0.15) is 5.10 Å². The monoisotopic (exact) mass is 305 g/mol. The molecule has 21 heavy (non-hydrogen) atoms. The molecule has 5 nitrogen and oxygen atoms in total. The normalized spacial score (nSPS) is 20.2.